The Morgan fingerprint density at radius 3 is 2.69 bits per heavy atom. The van der Waals surface area contributed by atoms with Crippen LogP contribution in [0.1, 0.15) is 45.1 Å². The molecule has 1 aliphatic heterocycles. The molecule has 2 rings (SSSR count). The lowest BCUT2D eigenvalue weighted by atomic mass is 10.0. The molecule has 0 radical (unpaired) electrons. The van der Waals surface area contributed by atoms with E-state index in [0.717, 1.165) is 18.4 Å². The van der Waals surface area contributed by atoms with Crippen LogP contribution in [0.5, 0.6) is 0 Å². The van der Waals surface area contributed by atoms with Crippen LogP contribution >= 0.6 is 0 Å². The van der Waals surface area contributed by atoms with Gasteiger partial charge in [-0.25, -0.2) is 4.39 Å². The highest BCUT2D eigenvalue weighted by molar-refractivity contribution is 5.82. The molecular formula is C20H28FNO4. The first-order valence-corrected chi connectivity index (χ1v) is 9.37. The number of rotatable bonds is 9. The van der Waals surface area contributed by atoms with E-state index < -0.39 is 6.10 Å². The standard InChI is InChI=1S/C20H28FNO4/c1-3-5-17(10-11-19(23)25-4-2)22-12-13-26-18(20(22)24)14-15-6-8-16(21)9-7-15/h6-9,17-18H,3-5,10-14H2,1-2H3. The Hall–Kier alpha value is -1.95. The summed E-state index contributed by atoms with van der Waals surface area (Å²) in [5.74, 6) is -0.576. The summed E-state index contributed by atoms with van der Waals surface area (Å²) in [4.78, 5) is 26.4. The van der Waals surface area contributed by atoms with Gasteiger partial charge in [-0.3, -0.25) is 9.59 Å². The molecule has 144 valence electrons. The number of hydrogen-bond donors (Lipinski definition) is 0. The topological polar surface area (TPSA) is 55.8 Å². The molecule has 0 aliphatic carbocycles. The third-order valence-corrected chi connectivity index (χ3v) is 4.59. The van der Waals surface area contributed by atoms with E-state index in [4.69, 9.17) is 9.47 Å². The molecule has 0 bridgehead atoms. The lowest BCUT2D eigenvalue weighted by Crippen LogP contribution is -2.53. The van der Waals surface area contributed by atoms with Crippen molar-refractivity contribution in [2.45, 2.75) is 58.1 Å². The Balaban J connectivity index is 2.00. The SMILES string of the molecule is CCCC(CCC(=O)OCC)N1CCOC(Cc2ccc(F)cc2)C1=O. The highest BCUT2D eigenvalue weighted by Crippen LogP contribution is 2.21. The second-order valence-corrected chi connectivity index (χ2v) is 6.51. The van der Waals surface area contributed by atoms with Crippen molar-refractivity contribution >= 4 is 11.9 Å². The predicted octanol–water partition coefficient (Wildman–Crippen LogP) is 3.11. The minimum absolute atomic E-state index is 0.0107. The molecule has 5 nitrogen and oxygen atoms in total. The van der Waals surface area contributed by atoms with E-state index in [0.29, 0.717) is 39.0 Å². The molecule has 6 heteroatoms. The minimum Gasteiger partial charge on any atom is -0.466 e. The quantitative estimate of drug-likeness (QED) is 0.631. The molecule has 1 heterocycles. The molecule has 0 aromatic heterocycles. The molecule has 1 saturated heterocycles. The first-order chi connectivity index (χ1) is 12.5. The second kappa shape index (κ2) is 10.3. The zero-order valence-corrected chi connectivity index (χ0v) is 15.6. The Morgan fingerprint density at radius 2 is 2.04 bits per heavy atom. The maximum atomic E-state index is 13.1. The van der Waals surface area contributed by atoms with Crippen LogP contribution in [0, 0.1) is 5.82 Å². The van der Waals surface area contributed by atoms with Crippen molar-refractivity contribution in [3.63, 3.8) is 0 Å². The number of esters is 1. The van der Waals surface area contributed by atoms with Crippen LogP contribution in [0.15, 0.2) is 24.3 Å². The van der Waals surface area contributed by atoms with Crippen LogP contribution in [0.3, 0.4) is 0 Å². The van der Waals surface area contributed by atoms with Crippen molar-refractivity contribution < 1.29 is 23.5 Å². The maximum Gasteiger partial charge on any atom is 0.305 e. The minimum atomic E-state index is -0.559. The Morgan fingerprint density at radius 1 is 1.31 bits per heavy atom. The van der Waals surface area contributed by atoms with Gasteiger partial charge in [0, 0.05) is 25.4 Å². The molecule has 2 unspecified atom stereocenters. The Kier molecular flexibility index (Phi) is 8.04. The van der Waals surface area contributed by atoms with E-state index in [1.807, 2.05) is 4.90 Å². The van der Waals surface area contributed by atoms with E-state index in [1.165, 1.54) is 12.1 Å². The average molecular weight is 365 g/mol. The number of halogens is 1. The molecule has 1 aromatic rings. The summed E-state index contributed by atoms with van der Waals surface area (Å²) < 4.78 is 23.7. The third-order valence-electron chi connectivity index (χ3n) is 4.59. The lowest BCUT2D eigenvalue weighted by molar-refractivity contribution is -0.157. The van der Waals surface area contributed by atoms with Gasteiger partial charge in [0.25, 0.3) is 5.91 Å². The molecule has 0 spiro atoms. The molecule has 1 amide bonds. The highest BCUT2D eigenvalue weighted by Gasteiger charge is 2.33. The van der Waals surface area contributed by atoms with Gasteiger partial charge in [-0.1, -0.05) is 25.5 Å². The maximum absolute atomic E-state index is 13.1. The normalized spacial score (nSPS) is 18.7. The van der Waals surface area contributed by atoms with Crippen LogP contribution in [0.25, 0.3) is 0 Å². The van der Waals surface area contributed by atoms with Crippen molar-refractivity contribution in [3.8, 4) is 0 Å². The first-order valence-electron chi connectivity index (χ1n) is 9.37. The molecule has 1 fully saturated rings. The van der Waals surface area contributed by atoms with Crippen LogP contribution in [0.4, 0.5) is 4.39 Å². The van der Waals surface area contributed by atoms with Gasteiger partial charge in [0.2, 0.25) is 0 Å². The van der Waals surface area contributed by atoms with Gasteiger partial charge in [-0.15, -0.1) is 0 Å². The summed E-state index contributed by atoms with van der Waals surface area (Å²) in [6.07, 6.45) is 2.55. The van der Waals surface area contributed by atoms with Crippen molar-refractivity contribution in [1.82, 2.24) is 4.90 Å². The fraction of sp³-hybridized carbons (Fsp3) is 0.600. The van der Waals surface area contributed by atoms with Gasteiger partial charge >= 0.3 is 5.97 Å². The van der Waals surface area contributed by atoms with E-state index in [-0.39, 0.29) is 23.7 Å². The summed E-state index contributed by atoms with van der Waals surface area (Å²) in [5, 5.41) is 0. The molecular weight excluding hydrogens is 337 g/mol. The van der Waals surface area contributed by atoms with Crippen molar-refractivity contribution in [2.24, 2.45) is 0 Å². The van der Waals surface area contributed by atoms with Gasteiger partial charge in [0.05, 0.1) is 13.2 Å². The predicted molar refractivity (Wildman–Crippen MR) is 96.1 cm³/mol. The molecule has 0 N–H and O–H groups in total. The number of carbonyl (C=O) groups excluding carboxylic acids is 2. The van der Waals surface area contributed by atoms with Gasteiger partial charge in [-0.05, 0) is 37.5 Å². The van der Waals surface area contributed by atoms with Crippen molar-refractivity contribution in [2.75, 3.05) is 19.8 Å². The van der Waals surface area contributed by atoms with E-state index in [2.05, 4.69) is 6.92 Å². The molecule has 26 heavy (non-hydrogen) atoms. The molecule has 0 saturated carbocycles. The van der Waals surface area contributed by atoms with E-state index >= 15 is 0 Å². The van der Waals surface area contributed by atoms with Crippen LogP contribution in [-0.4, -0.2) is 48.7 Å². The van der Waals surface area contributed by atoms with Crippen molar-refractivity contribution in [1.29, 1.82) is 0 Å². The lowest BCUT2D eigenvalue weighted by Gasteiger charge is -2.38. The molecule has 1 aromatic carbocycles. The Bertz CT molecular complexity index is 590. The number of hydrogen-bond acceptors (Lipinski definition) is 4. The van der Waals surface area contributed by atoms with E-state index in [9.17, 15) is 14.0 Å². The summed E-state index contributed by atoms with van der Waals surface area (Å²) in [6.45, 7) is 5.22. The summed E-state index contributed by atoms with van der Waals surface area (Å²) in [5.41, 5.74) is 0.866. The fourth-order valence-corrected chi connectivity index (χ4v) is 3.31. The number of nitrogens with zero attached hydrogens (tertiary/aromatic N) is 1. The fourth-order valence-electron chi connectivity index (χ4n) is 3.31. The number of morpholine rings is 1. The number of benzene rings is 1. The van der Waals surface area contributed by atoms with Gasteiger partial charge < -0.3 is 14.4 Å². The number of amides is 1. The summed E-state index contributed by atoms with van der Waals surface area (Å²) >= 11 is 0. The van der Waals surface area contributed by atoms with Gasteiger partial charge in [0.15, 0.2) is 0 Å². The zero-order chi connectivity index (χ0) is 18.9. The smallest absolute Gasteiger partial charge is 0.305 e. The van der Waals surface area contributed by atoms with Gasteiger partial charge in [-0.2, -0.15) is 0 Å². The van der Waals surface area contributed by atoms with Crippen LogP contribution in [-0.2, 0) is 25.5 Å². The van der Waals surface area contributed by atoms with Crippen molar-refractivity contribution in [3.05, 3.63) is 35.6 Å². The highest BCUT2D eigenvalue weighted by atomic mass is 19.1. The second-order valence-electron chi connectivity index (χ2n) is 6.51. The first kappa shape index (κ1) is 20.4. The number of carbonyl (C=O) groups is 2. The molecule has 2 atom stereocenters. The van der Waals surface area contributed by atoms with Gasteiger partial charge in [0.1, 0.15) is 11.9 Å². The average Bonchev–Trinajstić information content (AvgIpc) is 2.63. The monoisotopic (exact) mass is 365 g/mol. The third kappa shape index (κ3) is 5.80. The zero-order valence-electron chi connectivity index (χ0n) is 15.6. The van der Waals surface area contributed by atoms with Crippen LogP contribution in [0.2, 0.25) is 0 Å². The van der Waals surface area contributed by atoms with E-state index in [1.54, 1.807) is 19.1 Å². The summed E-state index contributed by atoms with van der Waals surface area (Å²) in [7, 11) is 0. The number of ether oxygens (including phenoxy) is 2. The van der Waals surface area contributed by atoms with Crippen LogP contribution < -0.4 is 0 Å². The molecule has 1 aliphatic rings. The Labute approximate surface area is 154 Å². The largest absolute Gasteiger partial charge is 0.466 e. The summed E-state index contributed by atoms with van der Waals surface area (Å²) in [6, 6.07) is 6.14.